The lowest BCUT2D eigenvalue weighted by atomic mass is 10.1. The highest BCUT2D eigenvalue weighted by Crippen LogP contribution is 2.19. The molecule has 0 bridgehead atoms. The molecule has 0 rings (SSSR count). The molecule has 88 valence electrons. The van der Waals surface area contributed by atoms with Gasteiger partial charge in [-0.3, -0.25) is 4.79 Å². The SMILES string of the molecule is CCCCCC(CC(=O)OCC)=C(F)F. The number of unbranched alkanes of at least 4 members (excludes halogenated alkanes) is 2. The highest BCUT2D eigenvalue weighted by Gasteiger charge is 2.12. The van der Waals surface area contributed by atoms with Crippen molar-refractivity contribution in [3.05, 3.63) is 11.7 Å². The molecule has 0 aromatic heterocycles. The molecule has 0 unspecified atom stereocenters. The van der Waals surface area contributed by atoms with Gasteiger partial charge in [0.25, 0.3) is 6.08 Å². The van der Waals surface area contributed by atoms with E-state index in [0.717, 1.165) is 12.8 Å². The standard InChI is InChI=1S/C11H18F2O2/c1-3-5-6-7-9(11(12)13)8-10(14)15-4-2/h3-8H2,1-2H3. The van der Waals surface area contributed by atoms with E-state index in [0.29, 0.717) is 6.42 Å². The van der Waals surface area contributed by atoms with Crippen LogP contribution in [0.25, 0.3) is 0 Å². The van der Waals surface area contributed by atoms with Crippen LogP contribution in [0.3, 0.4) is 0 Å². The van der Waals surface area contributed by atoms with Crippen LogP contribution >= 0.6 is 0 Å². The van der Waals surface area contributed by atoms with Gasteiger partial charge in [-0.2, -0.15) is 8.78 Å². The molecule has 0 aliphatic heterocycles. The number of halogens is 2. The zero-order valence-corrected chi connectivity index (χ0v) is 9.32. The van der Waals surface area contributed by atoms with Crippen molar-refractivity contribution in [2.75, 3.05) is 6.61 Å². The van der Waals surface area contributed by atoms with Gasteiger partial charge in [-0.25, -0.2) is 0 Å². The number of rotatable bonds is 7. The van der Waals surface area contributed by atoms with E-state index < -0.39 is 12.0 Å². The molecule has 0 saturated carbocycles. The Morgan fingerprint density at radius 3 is 2.33 bits per heavy atom. The predicted molar refractivity (Wildman–Crippen MR) is 54.6 cm³/mol. The zero-order chi connectivity index (χ0) is 11.7. The summed E-state index contributed by atoms with van der Waals surface area (Å²) in [5.41, 5.74) is -0.0816. The molecule has 0 spiro atoms. The lowest BCUT2D eigenvalue weighted by Crippen LogP contribution is -2.05. The molecule has 15 heavy (non-hydrogen) atoms. The quantitative estimate of drug-likeness (QED) is 0.483. The minimum Gasteiger partial charge on any atom is -0.466 e. The molecule has 0 atom stereocenters. The molecular formula is C11H18F2O2. The second kappa shape index (κ2) is 8.38. The van der Waals surface area contributed by atoms with Crippen molar-refractivity contribution in [3.8, 4) is 0 Å². The summed E-state index contributed by atoms with van der Waals surface area (Å²) in [5, 5.41) is 0. The third-order valence-corrected chi connectivity index (χ3v) is 2.01. The van der Waals surface area contributed by atoms with Crippen LogP contribution in [0.5, 0.6) is 0 Å². The first-order valence-corrected chi connectivity index (χ1v) is 5.30. The van der Waals surface area contributed by atoms with Crippen molar-refractivity contribution in [1.29, 1.82) is 0 Å². The van der Waals surface area contributed by atoms with E-state index in [2.05, 4.69) is 4.74 Å². The van der Waals surface area contributed by atoms with Crippen molar-refractivity contribution in [1.82, 2.24) is 0 Å². The summed E-state index contributed by atoms with van der Waals surface area (Å²) in [7, 11) is 0. The third-order valence-electron chi connectivity index (χ3n) is 2.01. The molecule has 0 aliphatic rings. The number of ether oxygens (including phenoxy) is 1. The number of carbonyl (C=O) groups excluding carboxylic acids is 1. The maximum absolute atomic E-state index is 12.4. The fourth-order valence-electron chi connectivity index (χ4n) is 1.22. The number of carbonyl (C=O) groups is 1. The first-order chi connectivity index (χ1) is 7.11. The van der Waals surface area contributed by atoms with Gasteiger partial charge in [0, 0.05) is 5.57 Å². The van der Waals surface area contributed by atoms with Crippen LogP contribution in [0.1, 0.15) is 46.0 Å². The van der Waals surface area contributed by atoms with Crippen LogP contribution in [0.15, 0.2) is 11.7 Å². The van der Waals surface area contributed by atoms with Crippen LogP contribution in [-0.4, -0.2) is 12.6 Å². The Bertz CT molecular complexity index is 221. The fraction of sp³-hybridized carbons (Fsp3) is 0.727. The Labute approximate surface area is 89.3 Å². The smallest absolute Gasteiger partial charge is 0.310 e. The van der Waals surface area contributed by atoms with Crippen molar-refractivity contribution in [2.24, 2.45) is 0 Å². The molecule has 0 aromatic carbocycles. The number of esters is 1. The van der Waals surface area contributed by atoms with Crippen LogP contribution in [-0.2, 0) is 9.53 Å². The maximum atomic E-state index is 12.4. The first kappa shape index (κ1) is 14.1. The van der Waals surface area contributed by atoms with Gasteiger partial charge in [0.05, 0.1) is 13.0 Å². The van der Waals surface area contributed by atoms with Crippen molar-refractivity contribution < 1.29 is 18.3 Å². The predicted octanol–water partition coefficient (Wildman–Crippen LogP) is 3.67. The van der Waals surface area contributed by atoms with Gasteiger partial charge in [-0.05, 0) is 19.8 Å². The zero-order valence-electron chi connectivity index (χ0n) is 9.32. The van der Waals surface area contributed by atoms with Gasteiger partial charge in [0.1, 0.15) is 0 Å². The van der Waals surface area contributed by atoms with E-state index in [4.69, 9.17) is 0 Å². The first-order valence-electron chi connectivity index (χ1n) is 5.30. The molecule has 0 aliphatic carbocycles. The molecule has 4 heteroatoms. The highest BCUT2D eigenvalue weighted by molar-refractivity contribution is 5.72. The van der Waals surface area contributed by atoms with Crippen molar-refractivity contribution in [2.45, 2.75) is 46.0 Å². The summed E-state index contributed by atoms with van der Waals surface area (Å²) in [6.45, 7) is 3.89. The summed E-state index contributed by atoms with van der Waals surface area (Å²) in [4.78, 5) is 11.0. The van der Waals surface area contributed by atoms with Crippen LogP contribution in [0.4, 0.5) is 8.78 Å². The van der Waals surface area contributed by atoms with E-state index in [1.807, 2.05) is 6.92 Å². The van der Waals surface area contributed by atoms with Gasteiger partial charge >= 0.3 is 5.97 Å². The van der Waals surface area contributed by atoms with E-state index >= 15 is 0 Å². The van der Waals surface area contributed by atoms with Gasteiger partial charge in [-0.1, -0.05) is 19.8 Å². The van der Waals surface area contributed by atoms with Crippen molar-refractivity contribution >= 4 is 5.97 Å². The monoisotopic (exact) mass is 220 g/mol. The number of hydrogen-bond acceptors (Lipinski definition) is 2. The highest BCUT2D eigenvalue weighted by atomic mass is 19.3. The van der Waals surface area contributed by atoms with Crippen LogP contribution < -0.4 is 0 Å². The van der Waals surface area contributed by atoms with E-state index in [-0.39, 0.29) is 25.0 Å². The lowest BCUT2D eigenvalue weighted by Gasteiger charge is -2.05. The molecule has 0 fully saturated rings. The summed E-state index contributed by atoms with van der Waals surface area (Å²) in [6.07, 6.45) is 0.844. The Kier molecular flexibility index (Phi) is 7.86. The molecule has 0 heterocycles. The largest absolute Gasteiger partial charge is 0.466 e. The maximum Gasteiger partial charge on any atom is 0.310 e. The van der Waals surface area contributed by atoms with Crippen LogP contribution in [0.2, 0.25) is 0 Å². The Morgan fingerprint density at radius 2 is 1.87 bits per heavy atom. The summed E-state index contributed by atoms with van der Waals surface area (Å²) in [6, 6.07) is 0. The number of hydrogen-bond donors (Lipinski definition) is 0. The fourth-order valence-corrected chi connectivity index (χ4v) is 1.22. The minimum atomic E-state index is -1.74. The van der Waals surface area contributed by atoms with Crippen molar-refractivity contribution in [3.63, 3.8) is 0 Å². The topological polar surface area (TPSA) is 26.3 Å². The van der Waals surface area contributed by atoms with Gasteiger partial charge in [-0.15, -0.1) is 0 Å². The molecule has 0 radical (unpaired) electrons. The lowest BCUT2D eigenvalue weighted by molar-refractivity contribution is -0.142. The molecule has 0 amide bonds. The Balaban J connectivity index is 4.07. The average molecular weight is 220 g/mol. The van der Waals surface area contributed by atoms with Gasteiger partial charge in [0.2, 0.25) is 0 Å². The molecule has 0 N–H and O–H groups in total. The minimum absolute atomic E-state index is 0.0816. The van der Waals surface area contributed by atoms with E-state index in [9.17, 15) is 13.6 Å². The molecule has 0 aromatic rings. The average Bonchev–Trinajstić information content (AvgIpc) is 2.16. The Morgan fingerprint density at radius 1 is 1.20 bits per heavy atom. The second-order valence-corrected chi connectivity index (χ2v) is 3.30. The molecular weight excluding hydrogens is 202 g/mol. The normalized spacial score (nSPS) is 9.87. The molecule has 2 nitrogen and oxygen atoms in total. The van der Waals surface area contributed by atoms with Gasteiger partial charge < -0.3 is 4.74 Å². The summed E-state index contributed by atoms with van der Waals surface area (Å²) < 4.78 is 29.4. The molecule has 0 saturated heterocycles. The summed E-state index contributed by atoms with van der Waals surface area (Å²) >= 11 is 0. The third kappa shape index (κ3) is 7.05. The summed E-state index contributed by atoms with van der Waals surface area (Å²) in [5.74, 6) is -0.572. The Hall–Kier alpha value is -0.930. The second-order valence-electron chi connectivity index (χ2n) is 3.30. The van der Waals surface area contributed by atoms with E-state index in [1.165, 1.54) is 0 Å². The van der Waals surface area contributed by atoms with E-state index in [1.54, 1.807) is 6.92 Å². The van der Waals surface area contributed by atoms with Gasteiger partial charge in [0.15, 0.2) is 0 Å². The van der Waals surface area contributed by atoms with Crippen LogP contribution in [0, 0.1) is 0 Å².